The molecular weight excluding hydrogens is 260 g/mol. The van der Waals surface area contributed by atoms with Crippen LogP contribution in [0, 0.1) is 20.8 Å². The highest BCUT2D eigenvalue weighted by Gasteiger charge is 2.20. The lowest BCUT2D eigenvalue weighted by molar-refractivity contribution is 0.403. The molecule has 1 N–H and O–H groups in total. The summed E-state index contributed by atoms with van der Waals surface area (Å²) in [6, 6.07) is 8.57. The van der Waals surface area contributed by atoms with Gasteiger partial charge in [0, 0.05) is 17.5 Å². The van der Waals surface area contributed by atoms with E-state index in [0.717, 1.165) is 23.6 Å². The van der Waals surface area contributed by atoms with Crippen molar-refractivity contribution < 1.29 is 4.74 Å². The van der Waals surface area contributed by atoms with E-state index in [4.69, 9.17) is 4.74 Å². The van der Waals surface area contributed by atoms with E-state index in [1.165, 1.54) is 16.7 Å². The van der Waals surface area contributed by atoms with Crippen LogP contribution in [0.25, 0.3) is 0 Å². The maximum atomic E-state index is 5.62. The van der Waals surface area contributed by atoms with E-state index in [9.17, 15) is 0 Å². The van der Waals surface area contributed by atoms with Crippen LogP contribution in [0.5, 0.6) is 5.75 Å². The van der Waals surface area contributed by atoms with Crippen molar-refractivity contribution in [3.63, 3.8) is 0 Å². The van der Waals surface area contributed by atoms with Crippen LogP contribution in [0.15, 0.2) is 30.5 Å². The predicted molar refractivity (Wildman–Crippen MR) is 87.0 cm³/mol. The van der Waals surface area contributed by atoms with Gasteiger partial charge in [0.15, 0.2) is 0 Å². The van der Waals surface area contributed by atoms with Crippen LogP contribution in [0.1, 0.15) is 40.9 Å². The van der Waals surface area contributed by atoms with Gasteiger partial charge in [-0.1, -0.05) is 19.1 Å². The molecule has 1 aromatic carbocycles. The van der Waals surface area contributed by atoms with Gasteiger partial charge in [-0.15, -0.1) is 0 Å². The van der Waals surface area contributed by atoms with Crippen LogP contribution in [-0.2, 0) is 0 Å². The highest BCUT2D eigenvalue weighted by molar-refractivity contribution is 5.48. The van der Waals surface area contributed by atoms with E-state index in [-0.39, 0.29) is 6.04 Å². The molecule has 0 aliphatic rings. The van der Waals surface area contributed by atoms with E-state index >= 15 is 0 Å². The first-order valence-corrected chi connectivity index (χ1v) is 7.37. The van der Waals surface area contributed by atoms with Crippen LogP contribution < -0.4 is 10.1 Å². The Balaban J connectivity index is 2.55. The first-order valence-electron chi connectivity index (χ1n) is 7.37. The summed E-state index contributed by atoms with van der Waals surface area (Å²) in [4.78, 5) is 4.43. The molecule has 2 rings (SSSR count). The number of nitrogens with zero attached hydrogens (tertiary/aromatic N) is 1. The number of pyridine rings is 1. The monoisotopic (exact) mass is 284 g/mol. The Morgan fingerprint density at radius 1 is 1.19 bits per heavy atom. The number of hydrogen-bond acceptors (Lipinski definition) is 3. The van der Waals surface area contributed by atoms with Gasteiger partial charge in [-0.05, 0) is 56.1 Å². The molecule has 21 heavy (non-hydrogen) atoms. The number of hydrogen-bond donors (Lipinski definition) is 1. The maximum Gasteiger partial charge on any atom is 0.124 e. The van der Waals surface area contributed by atoms with Crippen molar-refractivity contribution >= 4 is 0 Å². The third-order valence-corrected chi connectivity index (χ3v) is 3.68. The minimum absolute atomic E-state index is 0.0960. The molecule has 2 aromatic rings. The van der Waals surface area contributed by atoms with Gasteiger partial charge in [0.05, 0.1) is 13.2 Å². The summed E-state index contributed by atoms with van der Waals surface area (Å²) in [7, 11) is 1.73. The summed E-state index contributed by atoms with van der Waals surface area (Å²) < 4.78 is 5.62. The summed E-state index contributed by atoms with van der Waals surface area (Å²) in [5.41, 5.74) is 5.83. The average Bonchev–Trinajstić information content (AvgIpc) is 2.46. The Hall–Kier alpha value is -1.87. The largest absolute Gasteiger partial charge is 0.496 e. The number of aryl methyl sites for hydroxylation is 3. The fourth-order valence-electron chi connectivity index (χ4n) is 2.72. The van der Waals surface area contributed by atoms with Crippen molar-refractivity contribution in [3.8, 4) is 5.75 Å². The van der Waals surface area contributed by atoms with Gasteiger partial charge >= 0.3 is 0 Å². The molecule has 0 aliphatic carbocycles. The van der Waals surface area contributed by atoms with E-state index in [1.807, 2.05) is 13.1 Å². The van der Waals surface area contributed by atoms with Gasteiger partial charge in [0.25, 0.3) is 0 Å². The highest BCUT2D eigenvalue weighted by atomic mass is 16.5. The molecule has 1 unspecified atom stereocenters. The molecule has 0 aliphatic heterocycles. The number of benzene rings is 1. The third-order valence-electron chi connectivity index (χ3n) is 3.68. The molecule has 0 spiro atoms. The number of methoxy groups -OCH3 is 1. The van der Waals surface area contributed by atoms with Crippen molar-refractivity contribution in [1.29, 1.82) is 0 Å². The molecule has 0 radical (unpaired) electrons. The van der Waals surface area contributed by atoms with Crippen LogP contribution in [0.3, 0.4) is 0 Å². The Morgan fingerprint density at radius 3 is 2.52 bits per heavy atom. The van der Waals surface area contributed by atoms with Gasteiger partial charge in [-0.3, -0.25) is 4.98 Å². The van der Waals surface area contributed by atoms with Gasteiger partial charge < -0.3 is 10.1 Å². The van der Waals surface area contributed by atoms with Gasteiger partial charge in [0.1, 0.15) is 5.75 Å². The second-order valence-electron chi connectivity index (χ2n) is 5.42. The summed E-state index contributed by atoms with van der Waals surface area (Å²) in [5, 5.41) is 3.55. The third kappa shape index (κ3) is 3.42. The van der Waals surface area contributed by atoms with Crippen molar-refractivity contribution in [3.05, 3.63) is 58.4 Å². The molecule has 0 amide bonds. The standard InChI is InChI=1S/C18H24N2O/c1-6-19-18(15-8-7-14(4)20-11-15)17-13(3)9-12(2)10-16(17)21-5/h7-11,18-19H,6H2,1-5H3. The van der Waals surface area contributed by atoms with Crippen LogP contribution >= 0.6 is 0 Å². The van der Waals surface area contributed by atoms with Crippen molar-refractivity contribution in [2.45, 2.75) is 33.7 Å². The summed E-state index contributed by atoms with van der Waals surface area (Å²) in [5.74, 6) is 0.930. The van der Waals surface area contributed by atoms with E-state index in [1.54, 1.807) is 7.11 Å². The molecular formula is C18H24N2O. The first kappa shape index (κ1) is 15.5. The second-order valence-corrected chi connectivity index (χ2v) is 5.42. The van der Waals surface area contributed by atoms with Crippen molar-refractivity contribution in [1.82, 2.24) is 10.3 Å². The fourth-order valence-corrected chi connectivity index (χ4v) is 2.72. The molecule has 1 heterocycles. The SMILES string of the molecule is CCNC(c1ccc(C)nc1)c1c(C)cc(C)cc1OC. The Morgan fingerprint density at radius 2 is 1.95 bits per heavy atom. The Labute approximate surface area is 127 Å². The minimum Gasteiger partial charge on any atom is -0.496 e. The zero-order chi connectivity index (χ0) is 15.4. The lowest BCUT2D eigenvalue weighted by atomic mass is 9.93. The summed E-state index contributed by atoms with van der Waals surface area (Å²) in [6.45, 7) is 9.23. The molecule has 0 saturated carbocycles. The van der Waals surface area contributed by atoms with Gasteiger partial charge in [-0.2, -0.15) is 0 Å². The average molecular weight is 284 g/mol. The minimum atomic E-state index is 0.0960. The van der Waals surface area contributed by atoms with Crippen LogP contribution in [0.4, 0.5) is 0 Å². The van der Waals surface area contributed by atoms with E-state index < -0.39 is 0 Å². The summed E-state index contributed by atoms with van der Waals surface area (Å²) >= 11 is 0. The predicted octanol–water partition coefficient (Wildman–Crippen LogP) is 3.71. The Kier molecular flexibility index (Phi) is 4.97. The van der Waals surface area contributed by atoms with Crippen molar-refractivity contribution in [2.24, 2.45) is 0 Å². The smallest absolute Gasteiger partial charge is 0.124 e. The van der Waals surface area contributed by atoms with E-state index in [2.05, 4.69) is 55.3 Å². The quantitative estimate of drug-likeness (QED) is 0.908. The van der Waals surface area contributed by atoms with Crippen molar-refractivity contribution in [2.75, 3.05) is 13.7 Å². The van der Waals surface area contributed by atoms with Crippen LogP contribution in [0.2, 0.25) is 0 Å². The van der Waals surface area contributed by atoms with Gasteiger partial charge in [0.2, 0.25) is 0 Å². The normalized spacial score (nSPS) is 12.2. The molecule has 0 fully saturated rings. The number of nitrogens with one attached hydrogen (secondary N) is 1. The molecule has 1 atom stereocenters. The molecule has 0 saturated heterocycles. The maximum absolute atomic E-state index is 5.62. The number of rotatable bonds is 5. The van der Waals surface area contributed by atoms with Crippen LogP contribution in [-0.4, -0.2) is 18.6 Å². The molecule has 112 valence electrons. The molecule has 0 bridgehead atoms. The fraction of sp³-hybridized carbons (Fsp3) is 0.389. The topological polar surface area (TPSA) is 34.2 Å². The highest BCUT2D eigenvalue weighted by Crippen LogP contribution is 2.33. The number of ether oxygens (including phenoxy) is 1. The summed E-state index contributed by atoms with van der Waals surface area (Å²) in [6.07, 6.45) is 1.95. The molecule has 3 heteroatoms. The zero-order valence-electron chi connectivity index (χ0n) is 13.5. The lowest BCUT2D eigenvalue weighted by Crippen LogP contribution is -2.23. The van der Waals surface area contributed by atoms with E-state index in [0.29, 0.717) is 0 Å². The Bertz CT molecular complexity index is 605. The first-order chi connectivity index (χ1) is 10.1. The van der Waals surface area contributed by atoms with Gasteiger partial charge in [-0.25, -0.2) is 0 Å². The lowest BCUT2D eigenvalue weighted by Gasteiger charge is -2.23. The molecule has 3 nitrogen and oxygen atoms in total. The number of aromatic nitrogens is 1. The zero-order valence-corrected chi connectivity index (χ0v) is 13.5. The molecule has 1 aromatic heterocycles. The second kappa shape index (κ2) is 6.72.